The molecular formula is C21H18F3N5O2S2. The van der Waals surface area contributed by atoms with Crippen LogP contribution in [0.5, 0.6) is 0 Å². The van der Waals surface area contributed by atoms with Crippen LogP contribution in [-0.4, -0.2) is 37.2 Å². The summed E-state index contributed by atoms with van der Waals surface area (Å²) in [5.74, 6) is -2.76. The summed E-state index contributed by atoms with van der Waals surface area (Å²) in [6, 6.07) is 10.4. The van der Waals surface area contributed by atoms with Crippen LogP contribution in [0.25, 0.3) is 22.0 Å². The van der Waals surface area contributed by atoms with Gasteiger partial charge in [-0.25, -0.2) is 14.8 Å². The van der Waals surface area contributed by atoms with Crippen molar-refractivity contribution in [2.45, 2.75) is 25.7 Å². The minimum atomic E-state index is -5.08. The maximum atomic E-state index is 10.6. The third-order valence-corrected chi connectivity index (χ3v) is 6.17. The van der Waals surface area contributed by atoms with Crippen molar-refractivity contribution in [3.05, 3.63) is 70.4 Å². The van der Waals surface area contributed by atoms with E-state index < -0.39 is 12.1 Å². The Balaban J connectivity index is 0.000000383. The molecule has 0 saturated carbocycles. The number of hydrogen-bond acceptors (Lipinski definition) is 8. The topological polar surface area (TPSA) is 101 Å². The molecule has 0 amide bonds. The average molecular weight is 494 g/mol. The summed E-state index contributed by atoms with van der Waals surface area (Å²) in [5.41, 5.74) is 2.99. The van der Waals surface area contributed by atoms with Gasteiger partial charge in [-0.3, -0.25) is 9.97 Å². The third-order valence-electron chi connectivity index (χ3n) is 4.12. The highest BCUT2D eigenvalue weighted by Crippen LogP contribution is 2.26. The van der Waals surface area contributed by atoms with Gasteiger partial charge in [-0.05, 0) is 6.92 Å². The van der Waals surface area contributed by atoms with Gasteiger partial charge in [0.05, 0.1) is 17.9 Å². The fourth-order valence-corrected chi connectivity index (χ4v) is 4.17. The molecular weight excluding hydrogens is 475 g/mol. The van der Waals surface area contributed by atoms with Gasteiger partial charge in [-0.15, -0.1) is 22.7 Å². The summed E-state index contributed by atoms with van der Waals surface area (Å²) in [5, 5.41) is 14.7. The molecule has 0 fully saturated rings. The Morgan fingerprint density at radius 1 is 1.12 bits per heavy atom. The molecule has 12 heteroatoms. The molecule has 0 spiro atoms. The normalized spacial score (nSPS) is 12.0. The van der Waals surface area contributed by atoms with Crippen LogP contribution < -0.4 is 5.32 Å². The number of alkyl halides is 3. The number of thiazole rings is 2. The number of aromatic nitrogens is 4. The first kappa shape index (κ1) is 24.4. The number of carboxylic acid groups (broad SMARTS) is 1. The van der Waals surface area contributed by atoms with Crippen LogP contribution in [0.4, 0.5) is 13.2 Å². The zero-order chi connectivity index (χ0) is 23.8. The van der Waals surface area contributed by atoms with Gasteiger partial charge in [0, 0.05) is 41.0 Å². The summed E-state index contributed by atoms with van der Waals surface area (Å²) in [4.78, 5) is 27.7. The lowest BCUT2D eigenvalue weighted by atomic mass is 10.2. The summed E-state index contributed by atoms with van der Waals surface area (Å²) in [6.07, 6.45) is 1.90. The summed E-state index contributed by atoms with van der Waals surface area (Å²) in [7, 11) is 0. The van der Waals surface area contributed by atoms with E-state index in [-0.39, 0.29) is 6.04 Å². The molecule has 4 rings (SSSR count). The van der Waals surface area contributed by atoms with Crippen molar-refractivity contribution < 1.29 is 23.1 Å². The SMILES string of the molecule is CC(NCc1cnc(-c2cnccn2)s1)c1nc(-c2ccccc2)cs1.O=C(O)C(F)(F)F. The van der Waals surface area contributed by atoms with Gasteiger partial charge in [0.1, 0.15) is 15.7 Å². The molecule has 3 aromatic heterocycles. The molecule has 0 radical (unpaired) electrons. The van der Waals surface area contributed by atoms with Crippen molar-refractivity contribution in [3.63, 3.8) is 0 Å². The predicted molar refractivity (Wildman–Crippen MR) is 120 cm³/mol. The zero-order valence-corrected chi connectivity index (χ0v) is 18.8. The smallest absolute Gasteiger partial charge is 0.475 e. The Morgan fingerprint density at radius 3 is 2.48 bits per heavy atom. The molecule has 1 unspecified atom stereocenters. The van der Waals surface area contributed by atoms with Crippen molar-refractivity contribution in [2.24, 2.45) is 0 Å². The number of carboxylic acids is 1. The third kappa shape index (κ3) is 7.14. The zero-order valence-electron chi connectivity index (χ0n) is 17.2. The van der Waals surface area contributed by atoms with Gasteiger partial charge in [0.2, 0.25) is 0 Å². The Kier molecular flexibility index (Phi) is 8.20. The van der Waals surface area contributed by atoms with Gasteiger partial charge in [-0.1, -0.05) is 30.3 Å². The van der Waals surface area contributed by atoms with Gasteiger partial charge in [-0.2, -0.15) is 13.2 Å². The number of nitrogens with one attached hydrogen (secondary N) is 1. The highest BCUT2D eigenvalue weighted by atomic mass is 32.1. The lowest BCUT2D eigenvalue weighted by Gasteiger charge is -2.09. The molecule has 1 aromatic carbocycles. The summed E-state index contributed by atoms with van der Waals surface area (Å²) < 4.78 is 31.7. The van der Waals surface area contributed by atoms with Gasteiger partial charge >= 0.3 is 12.1 Å². The van der Waals surface area contributed by atoms with E-state index in [0.717, 1.165) is 38.4 Å². The van der Waals surface area contributed by atoms with E-state index in [4.69, 9.17) is 14.9 Å². The fourth-order valence-electron chi connectivity index (χ4n) is 2.49. The van der Waals surface area contributed by atoms with Gasteiger partial charge in [0.25, 0.3) is 0 Å². The van der Waals surface area contributed by atoms with Crippen LogP contribution in [0.1, 0.15) is 22.9 Å². The van der Waals surface area contributed by atoms with Crippen LogP contribution >= 0.6 is 22.7 Å². The van der Waals surface area contributed by atoms with Crippen molar-refractivity contribution in [1.82, 2.24) is 25.3 Å². The number of carbonyl (C=O) groups is 1. The Morgan fingerprint density at radius 2 is 1.85 bits per heavy atom. The molecule has 0 saturated heterocycles. The average Bonchev–Trinajstić information content (AvgIpc) is 3.49. The molecule has 1 atom stereocenters. The summed E-state index contributed by atoms with van der Waals surface area (Å²) >= 11 is 3.32. The Hall–Kier alpha value is -3.22. The fraction of sp³-hybridized carbons (Fsp3) is 0.190. The number of aliphatic carboxylic acids is 1. The standard InChI is InChI=1S/C19H17N5S2.C2HF3O2/c1-13(18-24-17(12-25-18)14-5-3-2-4-6-14)22-9-15-10-23-19(26-15)16-11-20-7-8-21-16;3-2(4,5)1(6)7/h2-8,10-13,22H,9H2,1H3;(H,6,7). The molecule has 7 nitrogen and oxygen atoms in total. The minimum absolute atomic E-state index is 0.180. The molecule has 0 aliphatic rings. The molecule has 0 aliphatic carbocycles. The number of benzene rings is 1. The van der Waals surface area contributed by atoms with Crippen molar-refractivity contribution in [1.29, 1.82) is 0 Å². The van der Waals surface area contributed by atoms with Crippen LogP contribution in [-0.2, 0) is 11.3 Å². The minimum Gasteiger partial charge on any atom is -0.475 e. The van der Waals surface area contributed by atoms with Crippen LogP contribution in [0.15, 0.2) is 60.5 Å². The molecule has 172 valence electrons. The van der Waals surface area contributed by atoms with Crippen LogP contribution in [0.3, 0.4) is 0 Å². The predicted octanol–water partition coefficient (Wildman–Crippen LogP) is 5.21. The quantitative estimate of drug-likeness (QED) is 0.380. The number of nitrogens with zero attached hydrogens (tertiary/aromatic N) is 4. The highest BCUT2D eigenvalue weighted by molar-refractivity contribution is 7.15. The van der Waals surface area contributed by atoms with Crippen molar-refractivity contribution >= 4 is 28.6 Å². The summed E-state index contributed by atoms with van der Waals surface area (Å²) in [6.45, 7) is 2.89. The maximum Gasteiger partial charge on any atom is 0.490 e. The first-order valence-corrected chi connectivity index (χ1v) is 11.2. The number of rotatable bonds is 6. The number of hydrogen-bond donors (Lipinski definition) is 2. The first-order valence-electron chi connectivity index (χ1n) is 9.49. The molecule has 4 aromatic rings. The van der Waals surface area contributed by atoms with E-state index in [2.05, 4.69) is 44.7 Å². The van der Waals surface area contributed by atoms with Crippen molar-refractivity contribution in [3.8, 4) is 22.0 Å². The lowest BCUT2D eigenvalue weighted by Crippen LogP contribution is -2.21. The second kappa shape index (κ2) is 11.1. The molecule has 0 bridgehead atoms. The van der Waals surface area contributed by atoms with E-state index in [1.165, 1.54) is 0 Å². The van der Waals surface area contributed by atoms with Crippen LogP contribution in [0.2, 0.25) is 0 Å². The molecule has 33 heavy (non-hydrogen) atoms. The second-order valence-corrected chi connectivity index (χ2v) is 8.57. The highest BCUT2D eigenvalue weighted by Gasteiger charge is 2.38. The first-order chi connectivity index (χ1) is 15.7. The lowest BCUT2D eigenvalue weighted by molar-refractivity contribution is -0.192. The van der Waals surface area contributed by atoms with Crippen molar-refractivity contribution in [2.75, 3.05) is 0 Å². The largest absolute Gasteiger partial charge is 0.490 e. The van der Waals surface area contributed by atoms with Gasteiger partial charge < -0.3 is 10.4 Å². The molecule has 3 heterocycles. The molecule has 0 aliphatic heterocycles. The maximum absolute atomic E-state index is 10.6. The van der Waals surface area contributed by atoms with E-state index >= 15 is 0 Å². The van der Waals surface area contributed by atoms with Gasteiger partial charge in [0.15, 0.2) is 0 Å². The van der Waals surface area contributed by atoms with E-state index in [1.54, 1.807) is 41.3 Å². The van der Waals surface area contributed by atoms with Crippen LogP contribution in [0, 0.1) is 0 Å². The molecule has 2 N–H and O–H groups in total. The number of halogens is 3. The Labute approximate surface area is 195 Å². The van der Waals surface area contributed by atoms with E-state index in [9.17, 15) is 13.2 Å². The second-order valence-electron chi connectivity index (χ2n) is 6.56. The van der Waals surface area contributed by atoms with E-state index in [0.29, 0.717) is 0 Å². The Bertz CT molecular complexity index is 1170. The monoisotopic (exact) mass is 493 g/mol. The van der Waals surface area contributed by atoms with E-state index in [1.807, 2.05) is 24.4 Å².